The Labute approximate surface area is 135 Å². The van der Waals surface area contributed by atoms with Gasteiger partial charge in [-0.3, -0.25) is 4.79 Å². The van der Waals surface area contributed by atoms with Crippen LogP contribution in [0.3, 0.4) is 0 Å². The number of para-hydroxylation sites is 1. The number of halogens is 1. The van der Waals surface area contributed by atoms with Crippen LogP contribution in [0.4, 0.5) is 0 Å². The van der Waals surface area contributed by atoms with E-state index in [0.29, 0.717) is 16.0 Å². The van der Waals surface area contributed by atoms with Gasteiger partial charge in [-0.15, -0.1) is 0 Å². The maximum Gasteiger partial charge on any atom is 0.273 e. The molecule has 6 heteroatoms. The summed E-state index contributed by atoms with van der Waals surface area (Å²) in [6.45, 7) is 0. The molecular formula is C16H12BrN3O2. The number of aromatic nitrogens is 1. The highest BCUT2D eigenvalue weighted by Crippen LogP contribution is 2.15. The molecule has 22 heavy (non-hydrogen) atoms. The van der Waals surface area contributed by atoms with Crippen LogP contribution in [-0.4, -0.2) is 16.7 Å². The molecule has 1 aromatic carbocycles. The van der Waals surface area contributed by atoms with E-state index in [2.05, 4.69) is 26.5 Å². The molecule has 0 radical (unpaired) electrons. The smallest absolute Gasteiger partial charge is 0.273 e. The standard InChI is InChI=1S/C16H12BrN3O2/c17-15-8-7-12(22-15)11-18-19-16(21)13-5-1-2-6-14(13)20-9-3-4-10-20/h1-11H,(H,19,21)/b18-11-. The van der Waals surface area contributed by atoms with E-state index in [1.54, 1.807) is 18.2 Å². The first-order chi connectivity index (χ1) is 10.7. The molecule has 3 aromatic rings. The molecule has 1 N–H and O–H groups in total. The lowest BCUT2D eigenvalue weighted by Gasteiger charge is -2.08. The summed E-state index contributed by atoms with van der Waals surface area (Å²) in [5.74, 6) is 0.261. The van der Waals surface area contributed by atoms with Gasteiger partial charge in [0.05, 0.1) is 17.5 Å². The first-order valence-electron chi connectivity index (χ1n) is 6.55. The van der Waals surface area contributed by atoms with E-state index < -0.39 is 0 Å². The predicted octanol–water partition coefficient (Wildman–Crippen LogP) is 3.60. The molecule has 0 unspecified atom stereocenters. The van der Waals surface area contributed by atoms with Gasteiger partial charge in [-0.05, 0) is 52.3 Å². The summed E-state index contributed by atoms with van der Waals surface area (Å²) in [5, 5.41) is 3.91. The number of nitrogens with zero attached hydrogens (tertiary/aromatic N) is 2. The number of benzene rings is 1. The monoisotopic (exact) mass is 357 g/mol. The predicted molar refractivity (Wildman–Crippen MR) is 87.2 cm³/mol. The lowest BCUT2D eigenvalue weighted by Crippen LogP contribution is -2.19. The maximum atomic E-state index is 12.3. The molecule has 3 rings (SSSR count). The average Bonchev–Trinajstić information content (AvgIpc) is 3.19. The number of furan rings is 1. The van der Waals surface area contributed by atoms with E-state index in [9.17, 15) is 4.79 Å². The number of carbonyl (C=O) groups excluding carboxylic acids is 1. The zero-order valence-corrected chi connectivity index (χ0v) is 13.0. The van der Waals surface area contributed by atoms with Crippen molar-refractivity contribution in [2.45, 2.75) is 0 Å². The Kier molecular flexibility index (Phi) is 4.20. The van der Waals surface area contributed by atoms with Gasteiger partial charge >= 0.3 is 0 Å². The summed E-state index contributed by atoms with van der Waals surface area (Å²) in [6, 6.07) is 14.6. The topological polar surface area (TPSA) is 59.5 Å². The Balaban J connectivity index is 1.77. The van der Waals surface area contributed by atoms with Gasteiger partial charge in [0.15, 0.2) is 4.67 Å². The molecule has 0 fully saturated rings. The summed E-state index contributed by atoms with van der Waals surface area (Å²) in [4.78, 5) is 12.3. The van der Waals surface area contributed by atoms with Crippen LogP contribution in [-0.2, 0) is 0 Å². The van der Waals surface area contributed by atoms with Gasteiger partial charge in [-0.2, -0.15) is 5.10 Å². The second kappa shape index (κ2) is 6.44. The summed E-state index contributed by atoms with van der Waals surface area (Å²) < 4.78 is 7.75. The molecule has 0 spiro atoms. The zero-order valence-electron chi connectivity index (χ0n) is 11.4. The molecule has 2 aromatic heterocycles. The molecule has 0 aliphatic carbocycles. The number of rotatable bonds is 4. The first kappa shape index (κ1) is 14.3. The summed E-state index contributed by atoms with van der Waals surface area (Å²) in [5.41, 5.74) is 3.83. The third-order valence-corrected chi connectivity index (χ3v) is 3.41. The average molecular weight is 358 g/mol. The highest BCUT2D eigenvalue weighted by molar-refractivity contribution is 9.10. The van der Waals surface area contributed by atoms with Crippen molar-refractivity contribution in [3.63, 3.8) is 0 Å². The Morgan fingerprint density at radius 1 is 1.14 bits per heavy atom. The summed E-state index contributed by atoms with van der Waals surface area (Å²) >= 11 is 3.20. The van der Waals surface area contributed by atoms with E-state index in [4.69, 9.17) is 4.42 Å². The lowest BCUT2D eigenvalue weighted by molar-refractivity contribution is 0.0955. The Morgan fingerprint density at radius 2 is 1.91 bits per heavy atom. The third-order valence-electron chi connectivity index (χ3n) is 2.98. The number of hydrogen-bond acceptors (Lipinski definition) is 3. The van der Waals surface area contributed by atoms with Gasteiger partial charge in [0.2, 0.25) is 0 Å². The van der Waals surface area contributed by atoms with Crippen LogP contribution in [0.1, 0.15) is 16.1 Å². The Bertz CT molecular complexity index is 806. The molecule has 0 bridgehead atoms. The van der Waals surface area contributed by atoms with Crippen molar-refractivity contribution >= 4 is 28.1 Å². The minimum absolute atomic E-state index is 0.286. The van der Waals surface area contributed by atoms with Crippen molar-refractivity contribution < 1.29 is 9.21 Å². The van der Waals surface area contributed by atoms with Gasteiger partial charge in [0.25, 0.3) is 5.91 Å². The van der Waals surface area contributed by atoms with E-state index in [-0.39, 0.29) is 5.91 Å². The molecule has 110 valence electrons. The van der Waals surface area contributed by atoms with Gasteiger partial charge < -0.3 is 8.98 Å². The van der Waals surface area contributed by atoms with Crippen LogP contribution in [0.25, 0.3) is 5.69 Å². The molecule has 1 amide bonds. The van der Waals surface area contributed by atoms with Crippen LogP contribution in [0.15, 0.2) is 75.1 Å². The normalized spacial score (nSPS) is 11.0. The fourth-order valence-electron chi connectivity index (χ4n) is 2.00. The largest absolute Gasteiger partial charge is 0.448 e. The van der Waals surface area contributed by atoms with E-state index in [1.807, 2.05) is 47.3 Å². The van der Waals surface area contributed by atoms with Crippen molar-refractivity contribution in [1.82, 2.24) is 9.99 Å². The number of hydrazone groups is 1. The number of amides is 1. The zero-order chi connectivity index (χ0) is 15.4. The first-order valence-corrected chi connectivity index (χ1v) is 7.34. The number of hydrogen-bond donors (Lipinski definition) is 1. The lowest BCUT2D eigenvalue weighted by atomic mass is 10.1. The van der Waals surface area contributed by atoms with Gasteiger partial charge in [0.1, 0.15) is 5.76 Å². The molecular weight excluding hydrogens is 346 g/mol. The quantitative estimate of drug-likeness (QED) is 0.572. The van der Waals surface area contributed by atoms with E-state index in [1.165, 1.54) is 6.21 Å². The van der Waals surface area contributed by atoms with Crippen LogP contribution in [0.5, 0.6) is 0 Å². The van der Waals surface area contributed by atoms with Crippen LogP contribution < -0.4 is 5.43 Å². The molecule has 0 aliphatic heterocycles. The minimum atomic E-state index is -0.286. The molecule has 0 aliphatic rings. The van der Waals surface area contributed by atoms with Gasteiger partial charge in [0, 0.05) is 12.4 Å². The molecule has 2 heterocycles. The van der Waals surface area contributed by atoms with Crippen molar-refractivity contribution in [1.29, 1.82) is 0 Å². The fraction of sp³-hybridized carbons (Fsp3) is 0. The Morgan fingerprint density at radius 3 is 2.64 bits per heavy atom. The van der Waals surface area contributed by atoms with E-state index in [0.717, 1.165) is 5.69 Å². The second-order valence-corrected chi connectivity index (χ2v) is 5.23. The number of nitrogens with one attached hydrogen (secondary N) is 1. The van der Waals surface area contributed by atoms with Crippen molar-refractivity contribution in [3.8, 4) is 5.69 Å². The fourth-order valence-corrected chi connectivity index (χ4v) is 2.32. The van der Waals surface area contributed by atoms with E-state index >= 15 is 0 Å². The van der Waals surface area contributed by atoms with Gasteiger partial charge in [-0.1, -0.05) is 12.1 Å². The number of carbonyl (C=O) groups is 1. The molecule has 0 saturated heterocycles. The highest BCUT2D eigenvalue weighted by Gasteiger charge is 2.10. The minimum Gasteiger partial charge on any atom is -0.448 e. The second-order valence-electron chi connectivity index (χ2n) is 4.45. The molecule has 0 atom stereocenters. The SMILES string of the molecule is O=C(N/N=C\c1ccc(Br)o1)c1ccccc1-n1cccc1. The molecule has 0 saturated carbocycles. The highest BCUT2D eigenvalue weighted by atomic mass is 79.9. The van der Waals surface area contributed by atoms with Crippen molar-refractivity contribution in [2.75, 3.05) is 0 Å². The summed E-state index contributed by atoms with van der Waals surface area (Å²) in [7, 11) is 0. The van der Waals surface area contributed by atoms with Crippen LogP contribution in [0.2, 0.25) is 0 Å². The maximum absolute atomic E-state index is 12.3. The van der Waals surface area contributed by atoms with Crippen molar-refractivity contribution in [2.24, 2.45) is 5.10 Å². The summed E-state index contributed by atoms with van der Waals surface area (Å²) in [6.07, 6.45) is 5.21. The third kappa shape index (κ3) is 3.17. The molecule has 5 nitrogen and oxygen atoms in total. The van der Waals surface area contributed by atoms with Crippen molar-refractivity contribution in [3.05, 3.63) is 76.9 Å². The van der Waals surface area contributed by atoms with Crippen LogP contribution >= 0.6 is 15.9 Å². The van der Waals surface area contributed by atoms with Gasteiger partial charge in [-0.25, -0.2) is 5.43 Å². The van der Waals surface area contributed by atoms with Crippen LogP contribution in [0, 0.1) is 0 Å². The Hall–Kier alpha value is -2.60.